The Hall–Kier alpha value is -2.98. The van der Waals surface area contributed by atoms with Gasteiger partial charge in [0.05, 0.1) is 7.11 Å². The van der Waals surface area contributed by atoms with E-state index in [2.05, 4.69) is 23.0 Å². The van der Waals surface area contributed by atoms with Crippen molar-refractivity contribution in [2.24, 2.45) is 0 Å². The molecule has 0 unspecified atom stereocenters. The fourth-order valence-corrected chi connectivity index (χ4v) is 4.69. The molecule has 0 radical (unpaired) electrons. The predicted octanol–water partition coefficient (Wildman–Crippen LogP) is 2.63. The van der Waals surface area contributed by atoms with Crippen LogP contribution in [0.1, 0.15) is 35.7 Å². The van der Waals surface area contributed by atoms with Gasteiger partial charge in [-0.05, 0) is 26.0 Å². The van der Waals surface area contributed by atoms with Gasteiger partial charge >= 0.3 is 0 Å². The highest BCUT2D eigenvalue weighted by molar-refractivity contribution is 5.85. The van der Waals surface area contributed by atoms with E-state index in [9.17, 15) is 5.26 Å². The van der Waals surface area contributed by atoms with Crippen LogP contribution in [-0.4, -0.2) is 36.9 Å². The average Bonchev–Trinajstić information content (AvgIpc) is 3.21. The van der Waals surface area contributed by atoms with E-state index in [0.717, 1.165) is 41.6 Å². The van der Waals surface area contributed by atoms with E-state index in [4.69, 9.17) is 19.9 Å². The van der Waals surface area contributed by atoms with Crippen LogP contribution in [0.25, 0.3) is 11.1 Å². The van der Waals surface area contributed by atoms with Crippen LogP contribution >= 0.6 is 0 Å². The predicted molar refractivity (Wildman–Crippen MR) is 98.7 cm³/mol. The summed E-state index contributed by atoms with van der Waals surface area (Å²) in [6.07, 6.45) is 3.01. The first-order chi connectivity index (χ1) is 13.1. The maximum Gasteiger partial charge on any atom is 0.231 e. The molecule has 5 rings (SSSR count). The van der Waals surface area contributed by atoms with Gasteiger partial charge in [-0.1, -0.05) is 0 Å². The Balaban J connectivity index is 1.83. The van der Waals surface area contributed by atoms with Gasteiger partial charge in [-0.15, -0.1) is 0 Å². The van der Waals surface area contributed by atoms with Crippen molar-refractivity contribution in [1.29, 1.82) is 5.26 Å². The Morgan fingerprint density at radius 1 is 1.30 bits per heavy atom. The van der Waals surface area contributed by atoms with E-state index < -0.39 is 0 Å². The highest BCUT2D eigenvalue weighted by Gasteiger charge is 2.41. The quantitative estimate of drug-likeness (QED) is 0.875. The lowest BCUT2D eigenvalue weighted by Crippen LogP contribution is -2.35. The second-order valence-corrected chi connectivity index (χ2v) is 7.24. The van der Waals surface area contributed by atoms with Crippen molar-refractivity contribution in [2.75, 3.05) is 26.7 Å². The van der Waals surface area contributed by atoms with Crippen molar-refractivity contribution in [1.82, 2.24) is 9.88 Å². The summed E-state index contributed by atoms with van der Waals surface area (Å²) in [6, 6.07) is 6.68. The highest BCUT2D eigenvalue weighted by atomic mass is 16.7. The second-order valence-electron chi connectivity index (χ2n) is 7.24. The van der Waals surface area contributed by atoms with Crippen LogP contribution in [0.2, 0.25) is 0 Å². The van der Waals surface area contributed by atoms with Crippen LogP contribution < -0.4 is 19.9 Å². The minimum Gasteiger partial charge on any atom is -0.496 e. The number of hydrogen-bond donors (Lipinski definition) is 1. The molecule has 1 fully saturated rings. The molecular formula is C20H20N4O3. The summed E-state index contributed by atoms with van der Waals surface area (Å²) in [5.74, 6) is 2.19. The number of aromatic nitrogens is 1. The minimum atomic E-state index is 0.177. The maximum absolute atomic E-state index is 9.87. The topological polar surface area (TPSA) is 93.6 Å². The first kappa shape index (κ1) is 16.2. The maximum atomic E-state index is 9.87. The molecule has 2 aromatic rings. The molecule has 27 heavy (non-hydrogen) atoms. The molecule has 3 aliphatic heterocycles. The van der Waals surface area contributed by atoms with Crippen molar-refractivity contribution in [3.8, 4) is 34.4 Å². The zero-order chi connectivity index (χ0) is 18.7. The van der Waals surface area contributed by atoms with Gasteiger partial charge in [-0.3, -0.25) is 4.90 Å². The first-order valence-electron chi connectivity index (χ1n) is 9.04. The number of anilines is 1. The minimum absolute atomic E-state index is 0.177. The van der Waals surface area contributed by atoms with Crippen molar-refractivity contribution >= 4 is 5.82 Å². The fourth-order valence-electron chi connectivity index (χ4n) is 4.69. The Morgan fingerprint density at radius 3 is 2.81 bits per heavy atom. The van der Waals surface area contributed by atoms with E-state index in [-0.39, 0.29) is 18.7 Å². The Bertz CT molecular complexity index is 998. The molecule has 0 aliphatic carbocycles. The summed E-state index contributed by atoms with van der Waals surface area (Å²) in [5, 5.41) is 9.87. The lowest BCUT2D eigenvalue weighted by Gasteiger charge is -2.34. The molecule has 1 aromatic heterocycles. The molecule has 2 bridgehead atoms. The van der Waals surface area contributed by atoms with E-state index >= 15 is 0 Å². The van der Waals surface area contributed by atoms with E-state index in [1.165, 1.54) is 0 Å². The smallest absolute Gasteiger partial charge is 0.231 e. The van der Waals surface area contributed by atoms with Crippen molar-refractivity contribution in [3.63, 3.8) is 0 Å². The van der Waals surface area contributed by atoms with Crippen LogP contribution in [0.15, 0.2) is 12.1 Å². The number of methoxy groups -OCH3 is 1. The van der Waals surface area contributed by atoms with Gasteiger partial charge in [0.25, 0.3) is 0 Å². The van der Waals surface area contributed by atoms with Gasteiger partial charge in [0.15, 0.2) is 11.5 Å². The van der Waals surface area contributed by atoms with Gasteiger partial charge in [0.1, 0.15) is 23.2 Å². The molecular weight excluding hydrogens is 344 g/mol. The van der Waals surface area contributed by atoms with E-state index in [1.54, 1.807) is 7.11 Å². The summed E-state index contributed by atoms with van der Waals surface area (Å²) in [6.45, 7) is 0.177. The number of nitrogens with two attached hydrogens (primary N) is 1. The van der Waals surface area contributed by atoms with Crippen LogP contribution in [0, 0.1) is 11.3 Å². The van der Waals surface area contributed by atoms with Gasteiger partial charge < -0.3 is 19.9 Å². The molecule has 0 saturated carbocycles. The summed E-state index contributed by atoms with van der Waals surface area (Å²) in [5.41, 5.74) is 10.3. The lowest BCUT2D eigenvalue weighted by molar-refractivity contribution is 0.174. The van der Waals surface area contributed by atoms with Gasteiger partial charge in [-0.2, -0.15) is 5.26 Å². The van der Waals surface area contributed by atoms with Crippen molar-refractivity contribution < 1.29 is 14.2 Å². The van der Waals surface area contributed by atoms with Crippen molar-refractivity contribution in [3.05, 3.63) is 29.0 Å². The number of rotatable bonds is 2. The van der Waals surface area contributed by atoms with Crippen LogP contribution in [0.4, 0.5) is 5.82 Å². The largest absolute Gasteiger partial charge is 0.496 e. The molecule has 1 aromatic carbocycles. The summed E-state index contributed by atoms with van der Waals surface area (Å²) in [4.78, 5) is 7.00. The van der Waals surface area contributed by atoms with Gasteiger partial charge in [0.2, 0.25) is 6.79 Å². The summed E-state index contributed by atoms with van der Waals surface area (Å²) >= 11 is 0. The standard InChI is InChI=1S/C20H20N4O3/c1-24-10-3-4-14(24)19-13(5-10)23-20(22)12(8-21)18(19)11-6-16-17(27-9-26-16)7-15(11)25-2/h6-7,10,14H,3-5,9H2,1-2H3,(H2,22,23)/t10-,14+/m0/s1. The highest BCUT2D eigenvalue weighted by Crippen LogP contribution is 2.51. The molecule has 2 atom stereocenters. The van der Waals surface area contributed by atoms with E-state index in [0.29, 0.717) is 28.9 Å². The molecule has 2 N–H and O–H groups in total. The zero-order valence-electron chi connectivity index (χ0n) is 15.3. The van der Waals surface area contributed by atoms with Gasteiger partial charge in [0, 0.05) is 47.0 Å². The molecule has 138 valence electrons. The number of ether oxygens (including phenoxy) is 3. The molecule has 0 spiro atoms. The third-order valence-corrected chi connectivity index (χ3v) is 6.02. The number of hydrogen-bond acceptors (Lipinski definition) is 7. The third-order valence-electron chi connectivity index (χ3n) is 6.02. The number of pyridine rings is 1. The summed E-state index contributed by atoms with van der Waals surface area (Å²) in [7, 11) is 3.76. The summed E-state index contributed by atoms with van der Waals surface area (Å²) < 4.78 is 16.7. The Morgan fingerprint density at radius 2 is 2.07 bits per heavy atom. The number of benzene rings is 1. The molecule has 1 saturated heterocycles. The fraction of sp³-hybridized carbons (Fsp3) is 0.400. The molecule has 4 heterocycles. The van der Waals surface area contributed by atoms with Crippen LogP contribution in [0.5, 0.6) is 17.2 Å². The number of likely N-dealkylation sites (N-methyl/N-ethyl adjacent to an activating group) is 1. The SMILES string of the molecule is COc1cc2c(cc1-c1c(C#N)c(N)nc3c1[C@H]1CC[C@@H](C3)N1C)OCO2. The van der Waals surface area contributed by atoms with E-state index in [1.807, 2.05) is 12.1 Å². The molecule has 3 aliphatic rings. The third kappa shape index (κ3) is 2.20. The van der Waals surface area contributed by atoms with Gasteiger partial charge in [-0.25, -0.2) is 4.98 Å². The number of fused-ring (bicyclic) bond motifs is 5. The van der Waals surface area contributed by atoms with Crippen LogP contribution in [-0.2, 0) is 6.42 Å². The van der Waals surface area contributed by atoms with Crippen LogP contribution in [0.3, 0.4) is 0 Å². The van der Waals surface area contributed by atoms with Crippen molar-refractivity contribution in [2.45, 2.75) is 31.3 Å². The lowest BCUT2D eigenvalue weighted by atomic mass is 9.86. The number of nitrogen functional groups attached to an aromatic ring is 1. The molecule has 0 amide bonds. The Kier molecular flexibility index (Phi) is 3.46. The Labute approximate surface area is 157 Å². The zero-order valence-corrected chi connectivity index (χ0v) is 15.3. The number of nitriles is 1. The molecule has 7 heteroatoms. The first-order valence-corrected chi connectivity index (χ1v) is 9.04. The second kappa shape index (κ2) is 5.76. The molecule has 7 nitrogen and oxygen atoms in total. The normalized spacial score (nSPS) is 22.4. The monoisotopic (exact) mass is 364 g/mol. The number of nitrogens with zero attached hydrogens (tertiary/aromatic N) is 3. The average molecular weight is 364 g/mol.